The van der Waals surface area contributed by atoms with E-state index in [1.54, 1.807) is 0 Å². The number of benzene rings is 1. The van der Waals surface area contributed by atoms with Crippen LogP contribution in [0.4, 0.5) is 14.5 Å². The molecule has 5 heteroatoms. The molecular weight excluding hydrogens is 226 g/mol. The molecule has 1 aromatic carbocycles. The highest BCUT2D eigenvalue weighted by molar-refractivity contribution is 5.94. The maximum Gasteiger partial charge on any atom is 0.251 e. The Morgan fingerprint density at radius 1 is 1.24 bits per heavy atom. The third kappa shape index (κ3) is 2.54. The number of rotatable bonds is 2. The molecule has 92 valence electrons. The van der Waals surface area contributed by atoms with E-state index in [4.69, 9.17) is 5.73 Å². The van der Waals surface area contributed by atoms with Crippen LogP contribution in [0, 0.1) is 11.6 Å². The minimum Gasteiger partial charge on any atom is -0.394 e. The van der Waals surface area contributed by atoms with E-state index in [0.29, 0.717) is 0 Å². The van der Waals surface area contributed by atoms with Crippen molar-refractivity contribution in [2.75, 3.05) is 5.73 Å². The van der Waals surface area contributed by atoms with Crippen LogP contribution in [0.25, 0.3) is 0 Å². The summed E-state index contributed by atoms with van der Waals surface area (Å²) in [4.78, 5) is 11.7. The summed E-state index contributed by atoms with van der Waals surface area (Å²) < 4.78 is 26.3. The molecule has 17 heavy (non-hydrogen) atoms. The monoisotopic (exact) mass is 240 g/mol. The Bertz CT molecular complexity index is 419. The number of carbonyl (C=O) groups is 1. The van der Waals surface area contributed by atoms with Gasteiger partial charge < -0.3 is 11.1 Å². The van der Waals surface area contributed by atoms with Crippen molar-refractivity contribution in [2.45, 2.75) is 31.7 Å². The van der Waals surface area contributed by atoms with Gasteiger partial charge in [0.05, 0.1) is 0 Å². The minimum atomic E-state index is -0.901. The molecule has 0 heterocycles. The van der Waals surface area contributed by atoms with Crippen molar-refractivity contribution in [1.82, 2.24) is 5.32 Å². The third-order valence-electron chi connectivity index (χ3n) is 3.03. The van der Waals surface area contributed by atoms with Crippen molar-refractivity contribution in [1.29, 1.82) is 0 Å². The van der Waals surface area contributed by atoms with Crippen molar-refractivity contribution < 1.29 is 13.6 Å². The van der Waals surface area contributed by atoms with Gasteiger partial charge in [0, 0.05) is 11.6 Å². The fourth-order valence-corrected chi connectivity index (χ4v) is 2.05. The number of nitrogen functional groups attached to an aromatic ring is 1. The number of amides is 1. The normalized spacial score (nSPS) is 16.1. The molecule has 2 rings (SSSR count). The first-order valence-corrected chi connectivity index (χ1v) is 5.63. The Balaban J connectivity index is 2.13. The zero-order valence-electron chi connectivity index (χ0n) is 9.30. The van der Waals surface area contributed by atoms with Crippen LogP contribution in [0.15, 0.2) is 12.1 Å². The van der Waals surface area contributed by atoms with Gasteiger partial charge in [-0.25, -0.2) is 8.78 Å². The van der Waals surface area contributed by atoms with Crippen molar-refractivity contribution in [2.24, 2.45) is 0 Å². The van der Waals surface area contributed by atoms with Gasteiger partial charge in [0.2, 0.25) is 0 Å². The highest BCUT2D eigenvalue weighted by atomic mass is 19.1. The predicted molar refractivity (Wildman–Crippen MR) is 60.5 cm³/mol. The number of carbonyl (C=O) groups excluding carboxylic acids is 1. The lowest BCUT2D eigenvalue weighted by Gasteiger charge is -2.12. The Labute approximate surface area is 98.0 Å². The van der Waals surface area contributed by atoms with Gasteiger partial charge in [-0.3, -0.25) is 4.79 Å². The van der Waals surface area contributed by atoms with Crippen LogP contribution in [0.1, 0.15) is 36.0 Å². The van der Waals surface area contributed by atoms with E-state index in [1.807, 2.05) is 0 Å². The van der Waals surface area contributed by atoms with Gasteiger partial charge in [-0.05, 0) is 25.0 Å². The van der Waals surface area contributed by atoms with Gasteiger partial charge in [0.15, 0.2) is 0 Å². The van der Waals surface area contributed by atoms with Crippen LogP contribution in [0.3, 0.4) is 0 Å². The van der Waals surface area contributed by atoms with E-state index < -0.39 is 23.2 Å². The second-order valence-electron chi connectivity index (χ2n) is 4.31. The van der Waals surface area contributed by atoms with E-state index in [1.165, 1.54) is 0 Å². The SMILES string of the molecule is Nc1c(F)cc(C(=O)NC2CCCC2)cc1F. The number of hydrogen-bond acceptors (Lipinski definition) is 2. The molecule has 0 saturated heterocycles. The largest absolute Gasteiger partial charge is 0.394 e. The second kappa shape index (κ2) is 4.69. The molecule has 0 aromatic heterocycles. The van der Waals surface area contributed by atoms with Gasteiger partial charge in [0.1, 0.15) is 17.3 Å². The summed E-state index contributed by atoms with van der Waals surface area (Å²) in [6.07, 6.45) is 4.00. The number of nitrogens with one attached hydrogen (secondary N) is 1. The van der Waals surface area contributed by atoms with Gasteiger partial charge in [-0.15, -0.1) is 0 Å². The van der Waals surface area contributed by atoms with Crippen LogP contribution >= 0.6 is 0 Å². The van der Waals surface area contributed by atoms with Crippen LogP contribution in [0.2, 0.25) is 0 Å². The Kier molecular flexibility index (Phi) is 3.26. The van der Waals surface area contributed by atoms with Crippen molar-refractivity contribution >= 4 is 11.6 Å². The van der Waals surface area contributed by atoms with Gasteiger partial charge in [-0.1, -0.05) is 12.8 Å². The predicted octanol–water partition coefficient (Wildman–Crippen LogP) is 2.22. The Hall–Kier alpha value is -1.65. The third-order valence-corrected chi connectivity index (χ3v) is 3.03. The summed E-state index contributed by atoms with van der Waals surface area (Å²) in [5, 5.41) is 2.76. The molecule has 0 atom stereocenters. The summed E-state index contributed by atoms with van der Waals surface area (Å²) >= 11 is 0. The fraction of sp³-hybridized carbons (Fsp3) is 0.417. The lowest BCUT2D eigenvalue weighted by Crippen LogP contribution is -2.32. The minimum absolute atomic E-state index is 0.0268. The van der Waals surface area contributed by atoms with Crippen LogP contribution in [0.5, 0.6) is 0 Å². The highest BCUT2D eigenvalue weighted by Crippen LogP contribution is 2.20. The molecule has 0 radical (unpaired) electrons. The molecule has 1 aliphatic carbocycles. The van der Waals surface area contributed by atoms with Gasteiger partial charge in [0.25, 0.3) is 5.91 Å². The van der Waals surface area contributed by atoms with E-state index >= 15 is 0 Å². The van der Waals surface area contributed by atoms with Crippen molar-refractivity contribution in [3.05, 3.63) is 29.3 Å². The average molecular weight is 240 g/mol. The fourth-order valence-electron chi connectivity index (χ4n) is 2.05. The molecule has 3 N–H and O–H groups in total. The number of hydrogen-bond donors (Lipinski definition) is 2. The molecule has 0 aliphatic heterocycles. The number of anilines is 1. The standard InChI is InChI=1S/C12H14F2N2O/c13-9-5-7(6-10(14)11(9)15)12(17)16-8-3-1-2-4-8/h5-6,8H,1-4,15H2,(H,16,17). The van der Waals surface area contributed by atoms with Crippen molar-refractivity contribution in [3.8, 4) is 0 Å². The quantitative estimate of drug-likeness (QED) is 0.779. The molecule has 1 fully saturated rings. The van der Waals surface area contributed by atoms with E-state index in [-0.39, 0.29) is 11.6 Å². The lowest BCUT2D eigenvalue weighted by atomic mass is 10.1. The maximum atomic E-state index is 13.2. The van der Waals surface area contributed by atoms with E-state index in [9.17, 15) is 13.6 Å². The first-order valence-electron chi connectivity index (χ1n) is 5.63. The van der Waals surface area contributed by atoms with Crippen LogP contribution in [-0.2, 0) is 0 Å². The Morgan fingerprint density at radius 3 is 2.29 bits per heavy atom. The summed E-state index contributed by atoms with van der Waals surface area (Å²) in [7, 11) is 0. The summed E-state index contributed by atoms with van der Waals surface area (Å²) in [6.45, 7) is 0. The molecule has 1 saturated carbocycles. The lowest BCUT2D eigenvalue weighted by molar-refractivity contribution is 0.0937. The van der Waals surface area contributed by atoms with E-state index in [2.05, 4.69) is 5.32 Å². The first-order chi connectivity index (χ1) is 8.08. The summed E-state index contributed by atoms with van der Waals surface area (Å²) in [5.74, 6) is -2.25. The molecule has 0 unspecified atom stereocenters. The zero-order chi connectivity index (χ0) is 12.4. The first kappa shape index (κ1) is 11.8. The Morgan fingerprint density at radius 2 is 1.76 bits per heavy atom. The molecule has 1 amide bonds. The molecule has 0 bridgehead atoms. The average Bonchev–Trinajstić information content (AvgIpc) is 2.77. The van der Waals surface area contributed by atoms with Crippen LogP contribution in [-0.4, -0.2) is 11.9 Å². The molecule has 1 aromatic rings. The summed E-state index contributed by atoms with van der Waals surface area (Å²) in [5.41, 5.74) is 4.55. The van der Waals surface area contributed by atoms with Gasteiger partial charge in [-0.2, -0.15) is 0 Å². The highest BCUT2D eigenvalue weighted by Gasteiger charge is 2.19. The molecule has 0 spiro atoms. The maximum absolute atomic E-state index is 13.2. The second-order valence-corrected chi connectivity index (χ2v) is 4.31. The van der Waals surface area contributed by atoms with E-state index in [0.717, 1.165) is 37.8 Å². The zero-order valence-corrected chi connectivity index (χ0v) is 9.30. The molecular formula is C12H14F2N2O. The topological polar surface area (TPSA) is 55.1 Å². The van der Waals surface area contributed by atoms with Crippen LogP contribution < -0.4 is 11.1 Å². The molecule has 3 nitrogen and oxygen atoms in total. The summed E-state index contributed by atoms with van der Waals surface area (Å²) in [6, 6.07) is 2.04. The van der Waals surface area contributed by atoms with Crippen molar-refractivity contribution in [3.63, 3.8) is 0 Å². The smallest absolute Gasteiger partial charge is 0.251 e. The number of halogens is 2. The molecule has 1 aliphatic rings. The number of nitrogens with two attached hydrogens (primary N) is 1. The van der Waals surface area contributed by atoms with Gasteiger partial charge >= 0.3 is 0 Å².